The number of hydrogen-bond donors (Lipinski definition) is 2. The number of likely N-dealkylation sites (tertiary alicyclic amines) is 1. The van der Waals surface area contributed by atoms with Crippen molar-refractivity contribution in [3.05, 3.63) is 58.3 Å². The van der Waals surface area contributed by atoms with Gasteiger partial charge in [0.15, 0.2) is 0 Å². The average Bonchev–Trinajstić information content (AvgIpc) is 3.26. The maximum Gasteiger partial charge on any atom is 0.262 e. The second-order valence-corrected chi connectivity index (χ2v) is 8.97. The first kappa shape index (κ1) is 21.5. The molecule has 1 aliphatic rings. The summed E-state index contributed by atoms with van der Waals surface area (Å²) in [4.78, 5) is 28.3. The Balaban J connectivity index is 1.56. The number of hydrogen-bond acceptors (Lipinski definition) is 4. The van der Waals surface area contributed by atoms with Crippen LogP contribution in [0.2, 0.25) is 0 Å². The molecule has 29 heavy (non-hydrogen) atoms. The summed E-state index contributed by atoms with van der Waals surface area (Å²) in [5.74, 6) is -0.266. The molecule has 156 valence electrons. The molecule has 2 aromatic rings. The predicted octanol–water partition coefficient (Wildman–Crippen LogP) is 3.67. The Morgan fingerprint density at radius 3 is 2.62 bits per heavy atom. The number of carbonyl (C=O) groups is 2. The summed E-state index contributed by atoms with van der Waals surface area (Å²) in [6, 6.07) is 13.9. The van der Waals surface area contributed by atoms with Crippen molar-refractivity contribution in [2.75, 3.05) is 13.1 Å². The van der Waals surface area contributed by atoms with E-state index in [0.717, 1.165) is 19.5 Å². The van der Waals surface area contributed by atoms with Crippen LogP contribution in [-0.4, -0.2) is 41.9 Å². The highest BCUT2D eigenvalue weighted by Gasteiger charge is 2.27. The van der Waals surface area contributed by atoms with Crippen molar-refractivity contribution in [3.63, 3.8) is 0 Å². The number of amides is 2. The van der Waals surface area contributed by atoms with Crippen LogP contribution in [0.25, 0.3) is 0 Å². The molecule has 1 fully saturated rings. The van der Waals surface area contributed by atoms with E-state index in [1.54, 1.807) is 6.07 Å². The molecule has 2 N–H and O–H groups in total. The molecule has 2 heterocycles. The molecule has 1 saturated heterocycles. The van der Waals surface area contributed by atoms with Crippen LogP contribution in [0.15, 0.2) is 47.8 Å². The fourth-order valence-corrected chi connectivity index (χ4v) is 4.43. The van der Waals surface area contributed by atoms with Gasteiger partial charge in [-0.05, 0) is 42.3 Å². The van der Waals surface area contributed by atoms with Gasteiger partial charge in [-0.3, -0.25) is 14.5 Å². The van der Waals surface area contributed by atoms with Crippen LogP contribution >= 0.6 is 11.3 Å². The van der Waals surface area contributed by atoms with Crippen LogP contribution in [-0.2, 0) is 11.3 Å². The fourth-order valence-electron chi connectivity index (χ4n) is 3.80. The zero-order chi connectivity index (χ0) is 20.6. The fraction of sp³-hybridized carbons (Fsp3) is 0.478. The van der Waals surface area contributed by atoms with Gasteiger partial charge in [0.1, 0.15) is 6.04 Å². The van der Waals surface area contributed by atoms with Crippen molar-refractivity contribution in [2.24, 2.45) is 5.92 Å². The topological polar surface area (TPSA) is 61.4 Å². The number of nitrogens with zero attached hydrogens (tertiary/aromatic N) is 1. The van der Waals surface area contributed by atoms with Gasteiger partial charge >= 0.3 is 0 Å². The molecule has 1 aromatic heterocycles. The molecule has 0 bridgehead atoms. The quantitative estimate of drug-likeness (QED) is 0.694. The van der Waals surface area contributed by atoms with Crippen molar-refractivity contribution in [1.29, 1.82) is 0 Å². The minimum absolute atomic E-state index is 0.0192. The van der Waals surface area contributed by atoms with E-state index in [1.165, 1.54) is 29.7 Å². The molecule has 0 unspecified atom stereocenters. The molecule has 1 aromatic carbocycles. The van der Waals surface area contributed by atoms with Crippen LogP contribution in [0.4, 0.5) is 0 Å². The molecule has 2 atom stereocenters. The standard InChI is InChI=1S/C23H31N3O2S/c1-17(2)21(25-22(27)20-12-8-14-29-20)23(28)24-15-19-11-6-7-13-26(19)16-18-9-4-3-5-10-18/h3-5,8-10,12,14,17,19,21H,6-7,11,13,15-16H2,1-2H3,(H,24,28)(H,25,27)/t19-,21-/m0/s1. The van der Waals surface area contributed by atoms with Gasteiger partial charge in [-0.25, -0.2) is 0 Å². The molecule has 3 rings (SSSR count). The second kappa shape index (κ2) is 10.6. The third-order valence-corrected chi connectivity index (χ3v) is 6.34. The summed E-state index contributed by atoms with van der Waals surface area (Å²) in [6.07, 6.45) is 3.47. The summed E-state index contributed by atoms with van der Waals surface area (Å²) in [5, 5.41) is 7.88. The van der Waals surface area contributed by atoms with Gasteiger partial charge in [0.2, 0.25) is 5.91 Å². The van der Waals surface area contributed by atoms with E-state index in [2.05, 4.69) is 39.8 Å². The zero-order valence-corrected chi connectivity index (χ0v) is 18.1. The van der Waals surface area contributed by atoms with Crippen molar-refractivity contribution in [1.82, 2.24) is 15.5 Å². The molecule has 0 aliphatic carbocycles. The highest BCUT2D eigenvalue weighted by molar-refractivity contribution is 7.12. The van der Waals surface area contributed by atoms with E-state index in [9.17, 15) is 9.59 Å². The molecule has 0 saturated carbocycles. The Bertz CT molecular complexity index is 777. The van der Waals surface area contributed by atoms with Crippen LogP contribution < -0.4 is 10.6 Å². The van der Waals surface area contributed by atoms with Gasteiger partial charge in [-0.15, -0.1) is 11.3 Å². The average molecular weight is 414 g/mol. The first-order valence-corrected chi connectivity index (χ1v) is 11.3. The van der Waals surface area contributed by atoms with Crippen molar-refractivity contribution in [2.45, 2.75) is 51.7 Å². The minimum atomic E-state index is -0.532. The molecule has 0 spiro atoms. The highest BCUT2D eigenvalue weighted by atomic mass is 32.1. The number of nitrogens with one attached hydrogen (secondary N) is 2. The van der Waals surface area contributed by atoms with Crippen LogP contribution in [0.1, 0.15) is 48.3 Å². The molecule has 6 heteroatoms. The molecule has 2 amide bonds. The number of thiophene rings is 1. The van der Waals surface area contributed by atoms with Gasteiger partial charge in [-0.1, -0.05) is 56.7 Å². The largest absolute Gasteiger partial charge is 0.353 e. The third-order valence-electron chi connectivity index (χ3n) is 5.47. The van der Waals surface area contributed by atoms with E-state index in [-0.39, 0.29) is 17.7 Å². The van der Waals surface area contributed by atoms with Gasteiger partial charge in [0, 0.05) is 19.1 Å². The van der Waals surface area contributed by atoms with Crippen LogP contribution in [0.3, 0.4) is 0 Å². The van der Waals surface area contributed by atoms with Gasteiger partial charge < -0.3 is 10.6 Å². The zero-order valence-electron chi connectivity index (χ0n) is 17.3. The van der Waals surface area contributed by atoms with E-state index >= 15 is 0 Å². The summed E-state index contributed by atoms with van der Waals surface area (Å²) < 4.78 is 0. The maximum absolute atomic E-state index is 12.9. The Labute approximate surface area is 177 Å². The Morgan fingerprint density at radius 1 is 1.14 bits per heavy atom. The summed E-state index contributed by atoms with van der Waals surface area (Å²) in [7, 11) is 0. The first-order valence-electron chi connectivity index (χ1n) is 10.4. The molecular formula is C23H31N3O2S. The van der Waals surface area contributed by atoms with Crippen LogP contribution in [0.5, 0.6) is 0 Å². The number of carbonyl (C=O) groups excluding carboxylic acids is 2. The molecular weight excluding hydrogens is 382 g/mol. The first-order chi connectivity index (χ1) is 14.0. The number of rotatable bonds is 8. The Morgan fingerprint density at radius 2 is 1.93 bits per heavy atom. The van der Waals surface area contributed by atoms with Gasteiger partial charge in [0.25, 0.3) is 5.91 Å². The van der Waals surface area contributed by atoms with Gasteiger partial charge in [-0.2, -0.15) is 0 Å². The molecule has 5 nitrogen and oxygen atoms in total. The number of benzene rings is 1. The van der Waals surface area contributed by atoms with Crippen molar-refractivity contribution >= 4 is 23.2 Å². The van der Waals surface area contributed by atoms with Crippen molar-refractivity contribution in [3.8, 4) is 0 Å². The predicted molar refractivity (Wildman–Crippen MR) is 118 cm³/mol. The summed E-state index contributed by atoms with van der Waals surface area (Å²) in [5.41, 5.74) is 1.30. The van der Waals surface area contributed by atoms with E-state index < -0.39 is 6.04 Å². The van der Waals surface area contributed by atoms with Crippen molar-refractivity contribution < 1.29 is 9.59 Å². The summed E-state index contributed by atoms with van der Waals surface area (Å²) in [6.45, 7) is 6.49. The van der Waals surface area contributed by atoms with E-state index in [4.69, 9.17) is 0 Å². The lowest BCUT2D eigenvalue weighted by Crippen LogP contribution is -2.53. The SMILES string of the molecule is CC(C)[C@H](NC(=O)c1cccs1)C(=O)NC[C@@H]1CCCCN1Cc1ccccc1. The molecule has 0 radical (unpaired) electrons. The maximum atomic E-state index is 12.9. The lowest BCUT2D eigenvalue weighted by Gasteiger charge is -2.36. The number of piperidine rings is 1. The van der Waals surface area contributed by atoms with Crippen LogP contribution in [0, 0.1) is 5.92 Å². The normalized spacial score (nSPS) is 18.4. The third kappa shape index (κ3) is 6.15. The van der Waals surface area contributed by atoms with Gasteiger partial charge in [0.05, 0.1) is 4.88 Å². The Hall–Kier alpha value is -2.18. The summed E-state index contributed by atoms with van der Waals surface area (Å²) >= 11 is 1.38. The molecule has 1 aliphatic heterocycles. The highest BCUT2D eigenvalue weighted by Crippen LogP contribution is 2.19. The monoisotopic (exact) mass is 413 g/mol. The van der Waals surface area contributed by atoms with E-state index in [1.807, 2.05) is 31.4 Å². The minimum Gasteiger partial charge on any atom is -0.353 e. The smallest absolute Gasteiger partial charge is 0.262 e. The lowest BCUT2D eigenvalue weighted by molar-refractivity contribution is -0.124. The lowest BCUT2D eigenvalue weighted by atomic mass is 10.00. The second-order valence-electron chi connectivity index (χ2n) is 8.02. The Kier molecular flexibility index (Phi) is 7.83. The van der Waals surface area contributed by atoms with E-state index in [0.29, 0.717) is 17.5 Å².